The number of carbonyl (C=O) groups is 1. The molecule has 2 aliphatic rings. The molecule has 1 heterocycles. The average Bonchev–Trinajstić information content (AvgIpc) is 2.99. The van der Waals surface area contributed by atoms with Crippen LogP contribution in [-0.4, -0.2) is 33.9 Å². The van der Waals surface area contributed by atoms with Crippen LogP contribution in [0.2, 0.25) is 10.0 Å². The van der Waals surface area contributed by atoms with Crippen molar-refractivity contribution in [2.24, 2.45) is 0 Å². The Labute approximate surface area is 212 Å². The number of carbonyl (C=O) groups excluding carboxylic acids is 1. The summed E-state index contributed by atoms with van der Waals surface area (Å²) in [6.45, 7) is 0.324. The van der Waals surface area contributed by atoms with Crippen LogP contribution in [0.3, 0.4) is 0 Å². The fourth-order valence-corrected chi connectivity index (χ4v) is 5.17. The second-order valence-corrected chi connectivity index (χ2v) is 10.2. The number of ether oxygens (including phenoxy) is 1. The predicted octanol–water partition coefficient (Wildman–Crippen LogP) is 7.07. The molecule has 1 saturated heterocycles. The Morgan fingerprint density at radius 2 is 1.88 bits per heavy atom. The molecule has 1 aliphatic heterocycles. The Morgan fingerprint density at radius 1 is 1.12 bits per heavy atom. The summed E-state index contributed by atoms with van der Waals surface area (Å²) in [5, 5.41) is 1.56. The van der Waals surface area contributed by atoms with Crippen LogP contribution in [0.25, 0.3) is 6.08 Å². The number of rotatable bonds is 5. The van der Waals surface area contributed by atoms with Crippen LogP contribution in [0.1, 0.15) is 43.2 Å². The molecule has 0 aromatic heterocycles. The van der Waals surface area contributed by atoms with Gasteiger partial charge in [0, 0.05) is 23.1 Å². The molecule has 0 N–H and O–H groups in total. The number of nitrogens with zero attached hydrogens (tertiary/aromatic N) is 2. The summed E-state index contributed by atoms with van der Waals surface area (Å²) in [5.74, 6) is 0.620. The zero-order chi connectivity index (χ0) is 22.8. The van der Waals surface area contributed by atoms with Crippen molar-refractivity contribution < 1.29 is 9.53 Å². The molecule has 8 heteroatoms. The SMILES string of the molecule is CN1C(=S)N(C2CCCCC2)C(=O)/C1=C/c1cc(Br)ccc1OCc1ccc(Cl)c(Cl)c1. The normalized spacial score (nSPS) is 18.7. The van der Waals surface area contributed by atoms with Gasteiger partial charge in [-0.2, -0.15) is 0 Å². The van der Waals surface area contributed by atoms with E-state index in [1.54, 1.807) is 21.9 Å². The first-order valence-electron chi connectivity index (χ1n) is 10.5. The highest BCUT2D eigenvalue weighted by atomic mass is 79.9. The maximum absolute atomic E-state index is 13.3. The van der Waals surface area contributed by atoms with E-state index in [0.29, 0.717) is 33.2 Å². The van der Waals surface area contributed by atoms with E-state index in [-0.39, 0.29) is 11.9 Å². The number of thiocarbonyl (C=S) groups is 1. The Kier molecular flexibility index (Phi) is 7.45. The summed E-state index contributed by atoms with van der Waals surface area (Å²) in [5.41, 5.74) is 2.25. The zero-order valence-corrected chi connectivity index (χ0v) is 21.5. The Balaban J connectivity index is 1.60. The molecule has 1 aliphatic carbocycles. The minimum atomic E-state index is -0.0418. The lowest BCUT2D eigenvalue weighted by atomic mass is 9.94. The first-order valence-corrected chi connectivity index (χ1v) is 12.5. The molecule has 0 bridgehead atoms. The molecule has 0 radical (unpaired) electrons. The van der Waals surface area contributed by atoms with Crippen LogP contribution >= 0.6 is 51.3 Å². The number of hydrogen-bond donors (Lipinski definition) is 0. The third kappa shape index (κ3) is 4.98. The fraction of sp³-hybridized carbons (Fsp3) is 0.333. The number of benzene rings is 2. The highest BCUT2D eigenvalue weighted by Gasteiger charge is 2.40. The topological polar surface area (TPSA) is 32.8 Å². The fourth-order valence-electron chi connectivity index (χ4n) is 4.14. The Bertz CT molecular complexity index is 1090. The van der Waals surface area contributed by atoms with Gasteiger partial charge in [0.1, 0.15) is 18.1 Å². The molecule has 1 saturated carbocycles. The summed E-state index contributed by atoms with van der Waals surface area (Å²) in [4.78, 5) is 16.9. The summed E-state index contributed by atoms with van der Waals surface area (Å²) < 4.78 is 6.97. The van der Waals surface area contributed by atoms with E-state index in [4.69, 9.17) is 40.2 Å². The van der Waals surface area contributed by atoms with Gasteiger partial charge in [0.05, 0.1) is 10.0 Å². The van der Waals surface area contributed by atoms with Crippen molar-refractivity contribution in [1.29, 1.82) is 0 Å². The van der Waals surface area contributed by atoms with E-state index < -0.39 is 0 Å². The van der Waals surface area contributed by atoms with Gasteiger partial charge in [-0.15, -0.1) is 0 Å². The molecule has 2 fully saturated rings. The quantitative estimate of drug-likeness (QED) is 0.293. The lowest BCUT2D eigenvalue weighted by molar-refractivity contribution is -0.124. The second kappa shape index (κ2) is 10.1. The molecule has 4 rings (SSSR count). The maximum atomic E-state index is 13.3. The number of amides is 1. The molecule has 0 spiro atoms. The van der Waals surface area contributed by atoms with Crippen LogP contribution in [-0.2, 0) is 11.4 Å². The van der Waals surface area contributed by atoms with Crippen molar-refractivity contribution in [2.45, 2.75) is 44.8 Å². The summed E-state index contributed by atoms with van der Waals surface area (Å²) in [6.07, 6.45) is 7.36. The van der Waals surface area contributed by atoms with E-state index in [9.17, 15) is 4.79 Å². The van der Waals surface area contributed by atoms with Crippen LogP contribution in [0.5, 0.6) is 5.75 Å². The molecule has 0 unspecified atom stereocenters. The monoisotopic (exact) mass is 552 g/mol. The van der Waals surface area contributed by atoms with E-state index in [0.717, 1.165) is 41.3 Å². The van der Waals surface area contributed by atoms with Crippen LogP contribution < -0.4 is 4.74 Å². The predicted molar refractivity (Wildman–Crippen MR) is 137 cm³/mol. The van der Waals surface area contributed by atoms with Crippen molar-refractivity contribution in [3.8, 4) is 5.75 Å². The van der Waals surface area contributed by atoms with Crippen LogP contribution in [0.4, 0.5) is 0 Å². The summed E-state index contributed by atoms with van der Waals surface area (Å²) >= 11 is 21.3. The molecule has 2 aromatic carbocycles. The minimum Gasteiger partial charge on any atom is -0.488 e. The molecular formula is C24H23BrCl2N2O2S. The number of likely N-dealkylation sites (N-methyl/N-ethyl adjacent to an activating group) is 1. The number of halogens is 3. The smallest absolute Gasteiger partial charge is 0.277 e. The molecular weight excluding hydrogens is 531 g/mol. The largest absolute Gasteiger partial charge is 0.488 e. The van der Waals surface area contributed by atoms with Crippen molar-refractivity contribution in [3.05, 3.63) is 67.7 Å². The molecule has 1 amide bonds. The standard InChI is InChI=1S/C24H23BrCl2N2O2S/c1-28-21(23(30)29(24(28)32)18-5-3-2-4-6-18)13-16-12-17(25)8-10-22(16)31-14-15-7-9-19(26)20(27)11-15/h7-13,18H,2-6,14H2,1H3/b21-13-. The third-order valence-electron chi connectivity index (χ3n) is 5.87. The van der Waals surface area contributed by atoms with Gasteiger partial charge in [0.25, 0.3) is 5.91 Å². The Hall–Kier alpha value is -1.60. The Morgan fingerprint density at radius 3 is 2.59 bits per heavy atom. The zero-order valence-electron chi connectivity index (χ0n) is 17.6. The van der Waals surface area contributed by atoms with Gasteiger partial charge in [-0.1, -0.05) is 64.5 Å². The molecule has 32 heavy (non-hydrogen) atoms. The van der Waals surface area contributed by atoms with Crippen LogP contribution in [0.15, 0.2) is 46.6 Å². The molecule has 168 valence electrons. The molecule has 0 atom stereocenters. The van der Waals surface area contributed by atoms with E-state index >= 15 is 0 Å². The van der Waals surface area contributed by atoms with E-state index in [2.05, 4.69) is 15.9 Å². The third-order valence-corrected chi connectivity index (χ3v) is 7.58. The van der Waals surface area contributed by atoms with Crippen molar-refractivity contribution in [3.63, 3.8) is 0 Å². The maximum Gasteiger partial charge on any atom is 0.277 e. The lowest BCUT2D eigenvalue weighted by Crippen LogP contribution is -2.41. The van der Waals surface area contributed by atoms with E-state index in [1.807, 2.05) is 37.4 Å². The lowest BCUT2D eigenvalue weighted by Gasteiger charge is -2.30. The van der Waals surface area contributed by atoms with Gasteiger partial charge in [0.2, 0.25) is 0 Å². The van der Waals surface area contributed by atoms with Crippen molar-refractivity contribution in [2.75, 3.05) is 7.05 Å². The highest BCUT2D eigenvalue weighted by Crippen LogP contribution is 2.33. The first-order chi connectivity index (χ1) is 15.3. The van der Waals surface area contributed by atoms with Crippen LogP contribution in [0, 0.1) is 0 Å². The van der Waals surface area contributed by atoms with E-state index in [1.165, 1.54) is 6.42 Å². The average molecular weight is 554 g/mol. The van der Waals surface area contributed by atoms with Gasteiger partial charge in [-0.05, 0) is 67.0 Å². The first kappa shape index (κ1) is 23.6. The van der Waals surface area contributed by atoms with Gasteiger partial charge in [-0.25, -0.2) is 0 Å². The van der Waals surface area contributed by atoms with Gasteiger partial charge >= 0.3 is 0 Å². The van der Waals surface area contributed by atoms with Gasteiger partial charge in [0.15, 0.2) is 5.11 Å². The van der Waals surface area contributed by atoms with Gasteiger partial charge in [-0.3, -0.25) is 9.69 Å². The van der Waals surface area contributed by atoms with Gasteiger partial charge < -0.3 is 9.64 Å². The molecule has 2 aromatic rings. The second-order valence-electron chi connectivity index (χ2n) is 8.06. The summed E-state index contributed by atoms with van der Waals surface area (Å²) in [6, 6.07) is 11.3. The van der Waals surface area contributed by atoms with Crippen molar-refractivity contribution >= 4 is 68.4 Å². The highest BCUT2D eigenvalue weighted by molar-refractivity contribution is 9.10. The number of hydrogen-bond acceptors (Lipinski definition) is 3. The minimum absolute atomic E-state index is 0.0418. The molecule has 4 nitrogen and oxygen atoms in total. The van der Waals surface area contributed by atoms with Crippen molar-refractivity contribution in [1.82, 2.24) is 9.80 Å². The summed E-state index contributed by atoms with van der Waals surface area (Å²) in [7, 11) is 1.85.